The van der Waals surface area contributed by atoms with Crippen LogP contribution in [0.4, 0.5) is 0 Å². The third-order valence-electron chi connectivity index (χ3n) is 6.20. The van der Waals surface area contributed by atoms with Crippen molar-refractivity contribution in [2.24, 2.45) is 9.98 Å². The van der Waals surface area contributed by atoms with Crippen LogP contribution in [-0.2, 0) is 0 Å². The average molecular weight is 446 g/mol. The molecule has 0 atom stereocenters. The molecule has 0 fully saturated rings. The molecule has 7 rings (SSSR count). The highest BCUT2D eigenvalue weighted by molar-refractivity contribution is 6.10. The lowest BCUT2D eigenvalue weighted by Crippen LogP contribution is -2.19. The van der Waals surface area contributed by atoms with Gasteiger partial charge in [-0.05, 0) is 42.0 Å². The predicted molar refractivity (Wildman–Crippen MR) is 136 cm³/mol. The average Bonchev–Trinajstić information content (AvgIpc) is 3.69. The smallest absolute Gasteiger partial charge is 0.138 e. The monoisotopic (exact) mass is 445 g/mol. The second kappa shape index (κ2) is 7.55. The zero-order valence-electron chi connectivity index (χ0n) is 18.3. The fraction of sp³-hybridized carbons (Fsp3) is 0.154. The second-order valence-electron chi connectivity index (χ2n) is 8.46. The second-order valence-corrected chi connectivity index (χ2v) is 8.46. The van der Waals surface area contributed by atoms with E-state index in [1.165, 1.54) is 0 Å². The van der Waals surface area contributed by atoms with E-state index in [-0.39, 0.29) is 0 Å². The van der Waals surface area contributed by atoms with E-state index < -0.39 is 0 Å². The lowest BCUT2D eigenvalue weighted by Gasteiger charge is -2.09. The number of nitrogens with one attached hydrogen (secondary N) is 3. The molecule has 0 saturated carbocycles. The summed E-state index contributed by atoms with van der Waals surface area (Å²) >= 11 is 0. The first-order valence-electron chi connectivity index (χ1n) is 11.4. The van der Waals surface area contributed by atoms with Gasteiger partial charge in [0.15, 0.2) is 0 Å². The minimum Gasteiger partial charge on any atom is -0.465 e. The number of amidine groups is 2. The number of benzene rings is 3. The molecular formula is C26H21N8-. The minimum atomic E-state index is 0.767. The zero-order chi connectivity index (χ0) is 22.5. The highest BCUT2D eigenvalue weighted by Gasteiger charge is 2.13. The van der Waals surface area contributed by atoms with Gasteiger partial charge in [0.05, 0.1) is 28.6 Å². The molecule has 2 aliphatic heterocycles. The van der Waals surface area contributed by atoms with E-state index >= 15 is 0 Å². The number of aromatic amines is 2. The van der Waals surface area contributed by atoms with Crippen molar-refractivity contribution < 1.29 is 0 Å². The van der Waals surface area contributed by atoms with E-state index in [9.17, 15) is 0 Å². The fourth-order valence-electron chi connectivity index (χ4n) is 4.53. The van der Waals surface area contributed by atoms with Gasteiger partial charge in [-0.25, -0.2) is 9.97 Å². The summed E-state index contributed by atoms with van der Waals surface area (Å²) in [6.07, 6.45) is 0. The first kappa shape index (κ1) is 19.0. The van der Waals surface area contributed by atoms with Crippen LogP contribution in [0.5, 0.6) is 0 Å². The van der Waals surface area contributed by atoms with Crippen molar-refractivity contribution in [3.8, 4) is 22.8 Å². The number of aromatic nitrogens is 4. The van der Waals surface area contributed by atoms with Crippen molar-refractivity contribution in [2.45, 2.75) is 0 Å². The van der Waals surface area contributed by atoms with E-state index in [1.54, 1.807) is 0 Å². The number of hydrogen-bond acceptors (Lipinski definition) is 5. The van der Waals surface area contributed by atoms with E-state index in [2.05, 4.69) is 67.0 Å². The summed E-state index contributed by atoms with van der Waals surface area (Å²) < 4.78 is 0. The van der Waals surface area contributed by atoms with Crippen LogP contribution >= 0.6 is 0 Å². The predicted octanol–water partition coefficient (Wildman–Crippen LogP) is 4.26. The molecule has 166 valence electrons. The Hall–Kier alpha value is -4.46. The molecule has 0 unspecified atom stereocenters. The van der Waals surface area contributed by atoms with Gasteiger partial charge in [-0.15, -0.1) is 0 Å². The fourth-order valence-corrected chi connectivity index (χ4v) is 4.53. The Morgan fingerprint density at radius 1 is 0.676 bits per heavy atom. The maximum absolute atomic E-state index is 4.81. The Morgan fingerprint density at radius 2 is 1.38 bits per heavy atom. The number of aliphatic imine (C=N–C) groups is 2. The van der Waals surface area contributed by atoms with E-state index in [1.807, 2.05) is 24.3 Å². The molecule has 0 radical (unpaired) electrons. The number of hydrogen-bond donors (Lipinski definition) is 3. The molecular weight excluding hydrogens is 424 g/mol. The largest absolute Gasteiger partial charge is 0.465 e. The Labute approximate surface area is 195 Å². The quantitative estimate of drug-likeness (QED) is 0.385. The number of H-pyrrole nitrogens is 2. The Kier molecular flexibility index (Phi) is 4.23. The summed E-state index contributed by atoms with van der Waals surface area (Å²) in [7, 11) is 0. The number of imidazole rings is 2. The highest BCUT2D eigenvalue weighted by atomic mass is 15.1. The maximum atomic E-state index is 4.81. The van der Waals surface area contributed by atoms with Crippen LogP contribution < -0.4 is 5.32 Å². The first-order chi connectivity index (χ1) is 16.8. The molecule has 3 N–H and O–H groups in total. The third kappa shape index (κ3) is 3.23. The van der Waals surface area contributed by atoms with Crippen LogP contribution in [0.3, 0.4) is 0 Å². The van der Waals surface area contributed by atoms with Gasteiger partial charge >= 0.3 is 0 Å². The van der Waals surface area contributed by atoms with E-state index in [0.29, 0.717) is 0 Å². The maximum Gasteiger partial charge on any atom is 0.138 e. The van der Waals surface area contributed by atoms with Crippen LogP contribution in [0.25, 0.3) is 50.2 Å². The first-order valence-corrected chi connectivity index (χ1v) is 11.4. The van der Waals surface area contributed by atoms with Gasteiger partial charge in [-0.3, -0.25) is 4.99 Å². The van der Waals surface area contributed by atoms with Crippen molar-refractivity contribution in [1.82, 2.24) is 25.3 Å². The van der Waals surface area contributed by atoms with Crippen molar-refractivity contribution in [3.05, 3.63) is 77.1 Å². The normalized spacial score (nSPS) is 15.4. The molecule has 2 aliphatic rings. The highest BCUT2D eigenvalue weighted by Crippen LogP contribution is 2.28. The molecule has 0 saturated heterocycles. The standard InChI is InChI=1S/C26H21N8/c1-2-15(25-31-19-6-4-17(13-21(19)33-25)23-27-8-9-28-23)12-16(3-1)26-32-20-7-5-18(14-22(20)34-26)24-29-10-11-30-24/h1-7,12-14H,8-11H2,(H3-,27,28,29,30,31,32,33,34)/q-1. The molecule has 0 aliphatic carbocycles. The van der Waals surface area contributed by atoms with Crippen LogP contribution in [0.2, 0.25) is 0 Å². The molecule has 34 heavy (non-hydrogen) atoms. The van der Waals surface area contributed by atoms with Crippen molar-refractivity contribution in [3.63, 3.8) is 0 Å². The van der Waals surface area contributed by atoms with Gasteiger partial charge in [0, 0.05) is 23.2 Å². The summed E-state index contributed by atoms with van der Waals surface area (Å²) in [5.41, 5.74) is 7.92. The van der Waals surface area contributed by atoms with Gasteiger partial charge in [0.2, 0.25) is 0 Å². The van der Waals surface area contributed by atoms with Crippen LogP contribution in [0, 0.1) is 0 Å². The molecule has 0 bridgehead atoms. The number of fused-ring (bicyclic) bond motifs is 2. The molecule has 4 heterocycles. The molecule has 0 spiro atoms. The van der Waals surface area contributed by atoms with Gasteiger partial charge in [-0.1, -0.05) is 43.2 Å². The molecule has 8 nitrogen and oxygen atoms in total. The van der Waals surface area contributed by atoms with E-state index in [0.717, 1.165) is 93.8 Å². The Morgan fingerprint density at radius 3 is 2.03 bits per heavy atom. The zero-order valence-corrected chi connectivity index (χ0v) is 18.3. The minimum absolute atomic E-state index is 0.767. The summed E-state index contributed by atoms with van der Waals surface area (Å²) in [6.45, 7) is 3.25. The lowest BCUT2D eigenvalue weighted by molar-refractivity contribution is 0.960. The lowest BCUT2D eigenvalue weighted by atomic mass is 10.1. The van der Waals surface area contributed by atoms with Gasteiger partial charge in [0.25, 0.3) is 0 Å². The Bertz CT molecular complexity index is 1500. The Balaban J connectivity index is 1.23. The van der Waals surface area contributed by atoms with Crippen LogP contribution in [0.15, 0.2) is 70.6 Å². The molecule has 8 heteroatoms. The van der Waals surface area contributed by atoms with Crippen LogP contribution in [-0.4, -0.2) is 57.8 Å². The molecule has 5 aromatic rings. The number of nitrogens with zero attached hydrogens (tertiary/aromatic N) is 5. The third-order valence-corrected chi connectivity index (χ3v) is 6.20. The summed E-state index contributed by atoms with van der Waals surface area (Å²) in [6, 6.07) is 20.6. The van der Waals surface area contributed by atoms with Crippen molar-refractivity contribution in [2.75, 3.05) is 26.2 Å². The molecule has 2 aromatic heterocycles. The summed E-state index contributed by atoms with van der Waals surface area (Å²) in [4.78, 5) is 25.5. The van der Waals surface area contributed by atoms with Crippen molar-refractivity contribution >= 4 is 33.7 Å². The topological polar surface area (TPSA) is 108 Å². The van der Waals surface area contributed by atoms with Crippen molar-refractivity contribution in [1.29, 1.82) is 0 Å². The number of rotatable bonds is 4. The van der Waals surface area contributed by atoms with E-state index in [4.69, 9.17) is 9.97 Å². The summed E-state index contributed by atoms with van der Waals surface area (Å²) in [5.74, 6) is 3.42. The molecule has 3 aromatic carbocycles. The van der Waals surface area contributed by atoms with Gasteiger partial charge in [-0.2, -0.15) is 0 Å². The molecule has 0 amide bonds. The van der Waals surface area contributed by atoms with Crippen LogP contribution in [0.1, 0.15) is 11.1 Å². The SMILES string of the molecule is c1cc(-c2nc3ccc(C4=NCC[N-]4)cc3[nH]2)cc(-c2nc3ccc(C4=NCCN4)cc3[nH]2)c1. The van der Waals surface area contributed by atoms with Gasteiger partial charge in [0.1, 0.15) is 17.5 Å². The van der Waals surface area contributed by atoms with Gasteiger partial charge < -0.3 is 25.6 Å². The summed E-state index contributed by atoms with van der Waals surface area (Å²) in [5, 5.41) is 7.79.